The van der Waals surface area contributed by atoms with E-state index in [0.717, 1.165) is 11.1 Å². The molecule has 6 nitrogen and oxygen atoms in total. The highest BCUT2D eigenvalue weighted by Crippen LogP contribution is 2.28. The molecule has 7 heteroatoms. The van der Waals surface area contributed by atoms with Gasteiger partial charge in [-0.05, 0) is 23.3 Å². The molecule has 0 unspecified atom stereocenters. The Morgan fingerprint density at radius 2 is 1.80 bits per heavy atom. The molecule has 1 aromatic heterocycles. The van der Waals surface area contributed by atoms with E-state index in [1.165, 1.54) is 12.1 Å². The summed E-state index contributed by atoms with van der Waals surface area (Å²) in [6.45, 7) is 0.434. The molecule has 0 radical (unpaired) electrons. The van der Waals surface area contributed by atoms with Gasteiger partial charge in [0.2, 0.25) is 5.91 Å². The van der Waals surface area contributed by atoms with Gasteiger partial charge >= 0.3 is 0 Å². The second-order valence-corrected chi connectivity index (χ2v) is 5.65. The first kappa shape index (κ1) is 16.8. The van der Waals surface area contributed by atoms with Crippen LogP contribution in [0.4, 0.5) is 4.39 Å². The van der Waals surface area contributed by atoms with E-state index in [4.69, 9.17) is 0 Å². The van der Waals surface area contributed by atoms with Crippen LogP contribution in [0.2, 0.25) is 0 Å². The van der Waals surface area contributed by atoms with Gasteiger partial charge in [0.1, 0.15) is 5.82 Å². The minimum absolute atomic E-state index is 0.0818. The van der Waals surface area contributed by atoms with E-state index in [1.807, 2.05) is 30.3 Å². The maximum atomic E-state index is 13.2. The minimum atomic E-state index is -0.292. The molecule has 0 aliphatic carbocycles. The highest BCUT2D eigenvalue weighted by atomic mass is 19.1. The van der Waals surface area contributed by atoms with Crippen LogP contribution in [0, 0.1) is 5.82 Å². The number of benzene rings is 2. The summed E-state index contributed by atoms with van der Waals surface area (Å²) in [6, 6.07) is 16.0. The smallest absolute Gasteiger partial charge is 0.220 e. The number of carbonyl (C=O) groups excluding carboxylic acids is 1. The lowest BCUT2D eigenvalue weighted by atomic mass is 9.88. The van der Waals surface area contributed by atoms with Crippen LogP contribution in [0.1, 0.15) is 29.3 Å². The number of tetrazole rings is 1. The van der Waals surface area contributed by atoms with Crippen LogP contribution in [-0.2, 0) is 11.2 Å². The summed E-state index contributed by atoms with van der Waals surface area (Å²) in [5, 5.41) is 16.4. The standard InChI is InChI=1S/C18H18FN5O/c19-15-8-6-14(7-9-15)16(13-4-2-1-3-5-13)12-18(25)20-11-10-17-21-23-24-22-17/h1-9,16H,10-12H2,(H,20,25)(H,21,22,23,24)/t16-/m1/s1. The summed E-state index contributed by atoms with van der Waals surface area (Å²) in [5.41, 5.74) is 1.92. The number of hydrogen-bond donors (Lipinski definition) is 2. The summed E-state index contributed by atoms with van der Waals surface area (Å²) in [4.78, 5) is 12.3. The number of carbonyl (C=O) groups is 1. The van der Waals surface area contributed by atoms with Gasteiger partial charge in [-0.25, -0.2) is 4.39 Å². The average molecular weight is 339 g/mol. The molecule has 0 aliphatic rings. The fourth-order valence-electron chi connectivity index (χ4n) is 2.67. The number of amides is 1. The summed E-state index contributed by atoms with van der Waals surface area (Å²) < 4.78 is 13.2. The van der Waals surface area contributed by atoms with E-state index in [1.54, 1.807) is 12.1 Å². The zero-order chi connectivity index (χ0) is 17.5. The first-order valence-corrected chi connectivity index (χ1v) is 8.02. The summed E-state index contributed by atoms with van der Waals surface area (Å²) in [5.74, 6) is 0.0483. The van der Waals surface area contributed by atoms with Crippen LogP contribution < -0.4 is 5.32 Å². The maximum Gasteiger partial charge on any atom is 0.220 e. The molecule has 2 N–H and O–H groups in total. The quantitative estimate of drug-likeness (QED) is 0.691. The van der Waals surface area contributed by atoms with Crippen LogP contribution in [0.5, 0.6) is 0 Å². The molecule has 2 aromatic carbocycles. The van der Waals surface area contributed by atoms with Crippen molar-refractivity contribution >= 4 is 5.91 Å². The number of nitrogens with one attached hydrogen (secondary N) is 2. The highest BCUT2D eigenvalue weighted by molar-refractivity contribution is 5.77. The Labute approximate surface area is 144 Å². The van der Waals surface area contributed by atoms with Gasteiger partial charge < -0.3 is 5.32 Å². The Morgan fingerprint density at radius 1 is 1.08 bits per heavy atom. The van der Waals surface area contributed by atoms with E-state index < -0.39 is 0 Å². The van der Waals surface area contributed by atoms with E-state index >= 15 is 0 Å². The van der Waals surface area contributed by atoms with Crippen LogP contribution in [-0.4, -0.2) is 33.1 Å². The monoisotopic (exact) mass is 339 g/mol. The molecule has 0 bridgehead atoms. The van der Waals surface area contributed by atoms with Crippen molar-refractivity contribution in [3.63, 3.8) is 0 Å². The second-order valence-electron chi connectivity index (χ2n) is 5.65. The molecule has 0 aliphatic heterocycles. The molecule has 25 heavy (non-hydrogen) atoms. The third-order valence-corrected chi connectivity index (χ3v) is 3.92. The summed E-state index contributed by atoms with van der Waals surface area (Å²) >= 11 is 0. The molecular weight excluding hydrogens is 321 g/mol. The number of rotatable bonds is 7. The SMILES string of the molecule is O=C(C[C@H](c1ccccc1)c1ccc(F)cc1)NCCc1nn[nH]n1. The Bertz CT molecular complexity index is 790. The predicted molar refractivity (Wildman–Crippen MR) is 90.2 cm³/mol. The molecule has 0 saturated carbocycles. The van der Waals surface area contributed by atoms with E-state index in [-0.39, 0.29) is 24.1 Å². The normalized spacial score (nSPS) is 11.9. The van der Waals surface area contributed by atoms with Crippen molar-refractivity contribution in [2.24, 2.45) is 0 Å². The Kier molecular flexibility index (Phi) is 5.46. The average Bonchev–Trinajstić information content (AvgIpc) is 3.15. The van der Waals surface area contributed by atoms with Gasteiger partial charge in [-0.3, -0.25) is 4.79 Å². The zero-order valence-electron chi connectivity index (χ0n) is 13.5. The van der Waals surface area contributed by atoms with Gasteiger partial charge in [0.25, 0.3) is 0 Å². The third kappa shape index (κ3) is 4.69. The Balaban J connectivity index is 1.67. The van der Waals surface area contributed by atoms with Gasteiger partial charge in [-0.1, -0.05) is 47.7 Å². The number of nitrogens with zero attached hydrogens (tertiary/aromatic N) is 3. The number of aromatic amines is 1. The van der Waals surface area contributed by atoms with Crippen molar-refractivity contribution in [2.45, 2.75) is 18.8 Å². The first-order chi connectivity index (χ1) is 12.2. The lowest BCUT2D eigenvalue weighted by molar-refractivity contribution is -0.121. The second kappa shape index (κ2) is 8.14. The maximum absolute atomic E-state index is 13.2. The molecule has 1 heterocycles. The molecule has 3 aromatic rings. The molecule has 0 fully saturated rings. The fourth-order valence-corrected chi connectivity index (χ4v) is 2.67. The topological polar surface area (TPSA) is 83.6 Å². The highest BCUT2D eigenvalue weighted by Gasteiger charge is 2.18. The van der Waals surface area contributed by atoms with Crippen molar-refractivity contribution in [1.82, 2.24) is 25.9 Å². The van der Waals surface area contributed by atoms with E-state index in [9.17, 15) is 9.18 Å². The van der Waals surface area contributed by atoms with Crippen LogP contribution in [0.3, 0.4) is 0 Å². The molecule has 3 rings (SSSR count). The van der Waals surface area contributed by atoms with Crippen LogP contribution in [0.15, 0.2) is 54.6 Å². The summed E-state index contributed by atoms with van der Waals surface area (Å²) in [7, 11) is 0. The molecule has 0 spiro atoms. The molecule has 1 atom stereocenters. The van der Waals surface area contributed by atoms with Gasteiger partial charge in [0, 0.05) is 25.3 Å². The molecule has 0 saturated heterocycles. The lowest BCUT2D eigenvalue weighted by Gasteiger charge is -2.18. The van der Waals surface area contributed by atoms with Crippen molar-refractivity contribution in [1.29, 1.82) is 0 Å². The van der Waals surface area contributed by atoms with Gasteiger partial charge in [0.15, 0.2) is 5.82 Å². The van der Waals surface area contributed by atoms with Crippen molar-refractivity contribution < 1.29 is 9.18 Å². The van der Waals surface area contributed by atoms with Crippen LogP contribution >= 0.6 is 0 Å². The van der Waals surface area contributed by atoms with Gasteiger partial charge in [-0.2, -0.15) is 5.21 Å². The predicted octanol–water partition coefficient (Wildman–Crippen LogP) is 2.22. The van der Waals surface area contributed by atoms with Gasteiger partial charge in [0.05, 0.1) is 0 Å². The van der Waals surface area contributed by atoms with E-state index in [2.05, 4.69) is 25.9 Å². The van der Waals surface area contributed by atoms with Crippen molar-refractivity contribution in [2.75, 3.05) is 6.54 Å². The molecule has 1 amide bonds. The largest absolute Gasteiger partial charge is 0.356 e. The van der Waals surface area contributed by atoms with Gasteiger partial charge in [-0.15, -0.1) is 10.2 Å². The fraction of sp³-hybridized carbons (Fsp3) is 0.222. The third-order valence-electron chi connectivity index (χ3n) is 3.92. The Morgan fingerprint density at radius 3 is 2.48 bits per heavy atom. The zero-order valence-corrected chi connectivity index (χ0v) is 13.5. The molecular formula is C18H18FN5O. The summed E-state index contributed by atoms with van der Waals surface area (Å²) in [6.07, 6.45) is 0.788. The first-order valence-electron chi connectivity index (χ1n) is 8.02. The minimum Gasteiger partial charge on any atom is -0.356 e. The molecule has 128 valence electrons. The number of hydrogen-bond acceptors (Lipinski definition) is 4. The lowest BCUT2D eigenvalue weighted by Crippen LogP contribution is -2.27. The van der Waals surface area contributed by atoms with Crippen molar-refractivity contribution in [3.05, 3.63) is 77.4 Å². The van der Waals surface area contributed by atoms with E-state index in [0.29, 0.717) is 18.8 Å². The number of halogens is 1. The number of H-pyrrole nitrogens is 1. The number of aromatic nitrogens is 4. The van der Waals surface area contributed by atoms with Crippen LogP contribution in [0.25, 0.3) is 0 Å². The van der Waals surface area contributed by atoms with Crippen molar-refractivity contribution in [3.8, 4) is 0 Å². The Hall–Kier alpha value is -3.09.